The summed E-state index contributed by atoms with van der Waals surface area (Å²) < 4.78 is 5.09. The molecule has 0 atom stereocenters. The molecular formula is C15H18N2O2S. The Hall–Kier alpha value is -1.62. The number of rotatable bonds is 7. The van der Waals surface area contributed by atoms with Crippen LogP contribution < -0.4 is 0 Å². The van der Waals surface area contributed by atoms with E-state index < -0.39 is 0 Å². The molecule has 106 valence electrons. The van der Waals surface area contributed by atoms with E-state index in [2.05, 4.69) is 41.3 Å². The Balaban J connectivity index is 1.86. The monoisotopic (exact) mass is 290 g/mol. The van der Waals surface area contributed by atoms with Crippen molar-refractivity contribution >= 4 is 17.5 Å². The second-order valence-electron chi connectivity index (χ2n) is 4.67. The molecule has 0 saturated carbocycles. The van der Waals surface area contributed by atoms with Gasteiger partial charge >= 0.3 is 0 Å². The van der Waals surface area contributed by atoms with Gasteiger partial charge in [0.1, 0.15) is 5.78 Å². The minimum absolute atomic E-state index is 0.147. The van der Waals surface area contributed by atoms with Crippen LogP contribution in [0.5, 0.6) is 0 Å². The standard InChI is InChI=1S/C15H18N2O2S/c1-3-4-12(18)9-15-16-14(17-19-15)10-20-13-7-5-11(2)6-8-13/h5-8H,3-4,9-10H2,1-2H3. The van der Waals surface area contributed by atoms with E-state index in [1.54, 1.807) is 11.8 Å². The maximum absolute atomic E-state index is 11.5. The predicted octanol–water partition coefficient (Wildman–Crippen LogP) is 3.58. The van der Waals surface area contributed by atoms with Crippen molar-refractivity contribution in [3.8, 4) is 0 Å². The molecule has 0 bridgehead atoms. The molecule has 1 heterocycles. The summed E-state index contributed by atoms with van der Waals surface area (Å²) in [6, 6.07) is 8.30. The Morgan fingerprint density at radius 3 is 2.75 bits per heavy atom. The lowest BCUT2D eigenvalue weighted by molar-refractivity contribution is -0.118. The fraction of sp³-hybridized carbons (Fsp3) is 0.400. The third-order valence-electron chi connectivity index (χ3n) is 2.78. The van der Waals surface area contributed by atoms with Crippen molar-refractivity contribution in [1.29, 1.82) is 0 Å². The SMILES string of the molecule is CCCC(=O)Cc1nc(CSc2ccc(C)cc2)no1. The maximum Gasteiger partial charge on any atom is 0.234 e. The van der Waals surface area contributed by atoms with Crippen LogP contribution in [0, 0.1) is 6.92 Å². The Labute approximate surface area is 123 Å². The van der Waals surface area contributed by atoms with Gasteiger partial charge in [-0.25, -0.2) is 0 Å². The Kier molecular flexibility index (Phi) is 5.35. The number of ketones is 1. The molecule has 4 nitrogen and oxygen atoms in total. The number of carbonyl (C=O) groups is 1. The first-order valence-corrected chi connectivity index (χ1v) is 7.68. The van der Waals surface area contributed by atoms with Crippen molar-refractivity contribution in [2.45, 2.75) is 43.8 Å². The first kappa shape index (κ1) is 14.8. The van der Waals surface area contributed by atoms with Crippen molar-refractivity contribution in [1.82, 2.24) is 10.1 Å². The first-order chi connectivity index (χ1) is 9.67. The molecule has 20 heavy (non-hydrogen) atoms. The lowest BCUT2D eigenvalue weighted by Crippen LogP contribution is -2.02. The normalized spacial score (nSPS) is 10.7. The van der Waals surface area contributed by atoms with Gasteiger partial charge < -0.3 is 4.52 Å². The van der Waals surface area contributed by atoms with E-state index in [9.17, 15) is 4.79 Å². The first-order valence-electron chi connectivity index (χ1n) is 6.70. The summed E-state index contributed by atoms with van der Waals surface area (Å²) in [4.78, 5) is 16.9. The number of thioether (sulfide) groups is 1. The third kappa shape index (κ3) is 4.49. The highest BCUT2D eigenvalue weighted by Crippen LogP contribution is 2.21. The number of hydrogen-bond donors (Lipinski definition) is 0. The van der Waals surface area contributed by atoms with Crippen molar-refractivity contribution < 1.29 is 9.32 Å². The minimum Gasteiger partial charge on any atom is -0.339 e. The van der Waals surface area contributed by atoms with E-state index in [0.717, 1.165) is 6.42 Å². The molecule has 0 spiro atoms. The molecule has 0 radical (unpaired) electrons. The van der Waals surface area contributed by atoms with Crippen LogP contribution in [0.1, 0.15) is 37.0 Å². The number of aryl methyl sites for hydroxylation is 1. The number of aromatic nitrogens is 2. The highest BCUT2D eigenvalue weighted by molar-refractivity contribution is 7.98. The van der Waals surface area contributed by atoms with Crippen LogP contribution in [0.2, 0.25) is 0 Å². The quantitative estimate of drug-likeness (QED) is 0.729. The molecular weight excluding hydrogens is 272 g/mol. The summed E-state index contributed by atoms with van der Waals surface area (Å²) in [5.74, 6) is 1.85. The van der Waals surface area contributed by atoms with Crippen molar-refractivity contribution in [3.63, 3.8) is 0 Å². The van der Waals surface area contributed by atoms with Crippen molar-refractivity contribution in [2.24, 2.45) is 0 Å². The van der Waals surface area contributed by atoms with Crippen LogP contribution in [0.15, 0.2) is 33.7 Å². The Bertz CT molecular complexity index is 564. The Morgan fingerprint density at radius 2 is 2.05 bits per heavy atom. The molecule has 0 N–H and O–H groups in total. The molecule has 1 aromatic carbocycles. The van der Waals surface area contributed by atoms with Gasteiger partial charge in [-0.3, -0.25) is 4.79 Å². The third-order valence-corrected chi connectivity index (χ3v) is 3.78. The fourth-order valence-corrected chi connectivity index (χ4v) is 2.48. The molecule has 0 saturated heterocycles. The van der Waals surface area contributed by atoms with Gasteiger partial charge in [0.25, 0.3) is 0 Å². The van der Waals surface area contributed by atoms with Gasteiger partial charge in [-0.05, 0) is 25.5 Å². The molecule has 0 aliphatic rings. The zero-order chi connectivity index (χ0) is 14.4. The Morgan fingerprint density at radius 1 is 1.30 bits per heavy atom. The van der Waals surface area contributed by atoms with Crippen molar-refractivity contribution in [3.05, 3.63) is 41.5 Å². The molecule has 1 aromatic heterocycles. The van der Waals surface area contributed by atoms with Crippen LogP contribution >= 0.6 is 11.8 Å². The van der Waals surface area contributed by atoms with Gasteiger partial charge in [0.2, 0.25) is 5.89 Å². The van der Waals surface area contributed by atoms with Gasteiger partial charge in [0, 0.05) is 11.3 Å². The summed E-state index contributed by atoms with van der Waals surface area (Å²) in [6.45, 7) is 4.04. The van der Waals surface area contributed by atoms with Gasteiger partial charge in [0.05, 0.1) is 12.2 Å². The zero-order valence-electron chi connectivity index (χ0n) is 11.8. The van der Waals surface area contributed by atoms with Crippen LogP contribution in [0.4, 0.5) is 0 Å². The summed E-state index contributed by atoms with van der Waals surface area (Å²) in [7, 11) is 0. The molecule has 0 aliphatic heterocycles. The predicted molar refractivity (Wildman–Crippen MR) is 78.7 cm³/mol. The van der Waals surface area contributed by atoms with E-state index in [4.69, 9.17) is 4.52 Å². The van der Waals surface area contributed by atoms with Gasteiger partial charge in [0.15, 0.2) is 5.82 Å². The molecule has 2 aromatic rings. The number of Topliss-reactive ketones (excluding diaryl/α,β-unsaturated/α-hetero) is 1. The van der Waals surface area contributed by atoms with Gasteiger partial charge in [-0.1, -0.05) is 29.8 Å². The molecule has 0 amide bonds. The van der Waals surface area contributed by atoms with Gasteiger partial charge in [-0.15, -0.1) is 11.8 Å². The van der Waals surface area contributed by atoms with Crippen LogP contribution in [0.25, 0.3) is 0 Å². The van der Waals surface area contributed by atoms with Crippen LogP contribution in [-0.4, -0.2) is 15.9 Å². The number of hydrogen-bond acceptors (Lipinski definition) is 5. The number of benzene rings is 1. The largest absolute Gasteiger partial charge is 0.339 e. The number of nitrogens with zero attached hydrogens (tertiary/aromatic N) is 2. The number of carbonyl (C=O) groups excluding carboxylic acids is 1. The zero-order valence-corrected chi connectivity index (χ0v) is 12.6. The van der Waals surface area contributed by atoms with Crippen molar-refractivity contribution in [2.75, 3.05) is 0 Å². The lowest BCUT2D eigenvalue weighted by Gasteiger charge is -1.98. The van der Waals surface area contributed by atoms with E-state index in [0.29, 0.717) is 23.9 Å². The average Bonchev–Trinajstić information content (AvgIpc) is 2.86. The van der Waals surface area contributed by atoms with Gasteiger partial charge in [-0.2, -0.15) is 4.98 Å². The second kappa shape index (κ2) is 7.24. The van der Waals surface area contributed by atoms with Crippen LogP contribution in [0.3, 0.4) is 0 Å². The molecule has 0 aliphatic carbocycles. The highest BCUT2D eigenvalue weighted by atomic mass is 32.2. The summed E-state index contributed by atoms with van der Waals surface area (Å²) in [5, 5.41) is 3.90. The van der Waals surface area contributed by atoms with E-state index in [1.165, 1.54) is 10.5 Å². The van der Waals surface area contributed by atoms with Crippen LogP contribution in [-0.2, 0) is 17.0 Å². The molecule has 0 unspecified atom stereocenters. The summed E-state index contributed by atoms with van der Waals surface area (Å²) >= 11 is 1.65. The molecule has 5 heteroatoms. The maximum atomic E-state index is 11.5. The summed E-state index contributed by atoms with van der Waals surface area (Å²) in [6.07, 6.45) is 1.66. The van der Waals surface area contributed by atoms with E-state index in [1.807, 2.05) is 6.92 Å². The lowest BCUT2D eigenvalue weighted by atomic mass is 10.2. The average molecular weight is 290 g/mol. The summed E-state index contributed by atoms with van der Waals surface area (Å²) in [5.41, 5.74) is 1.24. The smallest absolute Gasteiger partial charge is 0.234 e. The second-order valence-corrected chi connectivity index (χ2v) is 5.72. The highest BCUT2D eigenvalue weighted by Gasteiger charge is 2.10. The molecule has 0 fully saturated rings. The fourth-order valence-electron chi connectivity index (χ4n) is 1.74. The molecule has 2 rings (SSSR count). The van der Waals surface area contributed by atoms with E-state index in [-0.39, 0.29) is 12.2 Å². The topological polar surface area (TPSA) is 56.0 Å². The van der Waals surface area contributed by atoms with E-state index >= 15 is 0 Å². The minimum atomic E-state index is 0.147.